The number of amides is 1. The molecule has 8 heteroatoms. The number of rotatable bonds is 5. The number of esters is 1. The first-order valence-electron chi connectivity index (χ1n) is 9.72. The van der Waals surface area contributed by atoms with Crippen LogP contribution < -0.4 is 4.74 Å². The summed E-state index contributed by atoms with van der Waals surface area (Å²) in [6.45, 7) is 0.693. The Balaban J connectivity index is 1.29. The van der Waals surface area contributed by atoms with Crippen LogP contribution in [-0.4, -0.2) is 53.7 Å². The zero-order valence-corrected chi connectivity index (χ0v) is 16.5. The number of aromatic nitrogens is 1. The fourth-order valence-electron chi connectivity index (χ4n) is 3.55. The molecule has 4 rings (SSSR count). The lowest BCUT2D eigenvalue weighted by molar-refractivity contribution is -0.135. The number of ether oxygens (including phenoxy) is 2. The van der Waals surface area contributed by atoms with Gasteiger partial charge >= 0.3 is 5.97 Å². The minimum Gasteiger partial charge on any atom is -0.507 e. The first-order chi connectivity index (χ1) is 14.5. The lowest BCUT2D eigenvalue weighted by Gasteiger charge is -2.30. The molecule has 30 heavy (non-hydrogen) atoms. The molecule has 3 aromatic rings. The molecular weight excluding hydrogens is 388 g/mol. The maximum atomic E-state index is 12.4. The van der Waals surface area contributed by atoms with Crippen LogP contribution in [0.15, 0.2) is 46.9 Å². The molecule has 0 unspecified atom stereocenters. The van der Waals surface area contributed by atoms with Gasteiger partial charge in [-0.2, -0.15) is 0 Å². The summed E-state index contributed by atoms with van der Waals surface area (Å²) < 4.78 is 15.9. The molecule has 1 saturated heterocycles. The van der Waals surface area contributed by atoms with E-state index in [2.05, 4.69) is 4.98 Å². The number of fused-ring (bicyclic) bond motifs is 1. The minimum atomic E-state index is -0.759. The molecule has 1 N–H and O–H groups in total. The van der Waals surface area contributed by atoms with Crippen LogP contribution in [-0.2, 0) is 9.53 Å². The summed E-state index contributed by atoms with van der Waals surface area (Å²) in [6, 6.07) is 11.9. The highest BCUT2D eigenvalue weighted by Gasteiger charge is 2.27. The molecule has 0 atom stereocenters. The number of phenols is 1. The Hall–Kier alpha value is -3.55. The summed E-state index contributed by atoms with van der Waals surface area (Å²) in [5.41, 5.74) is 1.58. The van der Waals surface area contributed by atoms with Crippen LogP contribution in [0.3, 0.4) is 0 Å². The number of methoxy groups -OCH3 is 1. The van der Waals surface area contributed by atoms with E-state index in [4.69, 9.17) is 13.9 Å². The normalized spacial score (nSPS) is 14.6. The summed E-state index contributed by atoms with van der Waals surface area (Å²) in [7, 11) is 1.46. The van der Waals surface area contributed by atoms with Crippen molar-refractivity contribution in [2.45, 2.75) is 18.8 Å². The van der Waals surface area contributed by atoms with Crippen LogP contribution in [0.5, 0.6) is 11.5 Å². The maximum Gasteiger partial charge on any atom is 0.342 e. The Morgan fingerprint density at radius 2 is 1.97 bits per heavy atom. The Morgan fingerprint density at radius 1 is 1.20 bits per heavy atom. The highest BCUT2D eigenvalue weighted by molar-refractivity contribution is 5.94. The molecule has 0 saturated carbocycles. The van der Waals surface area contributed by atoms with Gasteiger partial charge in [0.25, 0.3) is 5.91 Å². The molecule has 0 bridgehead atoms. The van der Waals surface area contributed by atoms with Crippen molar-refractivity contribution < 1.29 is 28.6 Å². The van der Waals surface area contributed by atoms with Crippen molar-refractivity contribution in [2.24, 2.45) is 0 Å². The summed E-state index contributed by atoms with van der Waals surface area (Å²) in [5.74, 6) is -0.0185. The van der Waals surface area contributed by atoms with Crippen molar-refractivity contribution in [1.82, 2.24) is 9.88 Å². The number of carbonyl (C=O) groups excluding carboxylic acids is 2. The second-order valence-corrected chi connectivity index (χ2v) is 7.13. The summed E-state index contributed by atoms with van der Waals surface area (Å²) in [5, 5.41) is 9.91. The van der Waals surface area contributed by atoms with Gasteiger partial charge in [-0.15, -0.1) is 0 Å². The van der Waals surface area contributed by atoms with E-state index in [1.54, 1.807) is 4.90 Å². The molecule has 1 aromatic heterocycles. The molecule has 0 aliphatic carbocycles. The lowest BCUT2D eigenvalue weighted by atomic mass is 9.97. The Kier molecular flexibility index (Phi) is 5.56. The minimum absolute atomic E-state index is 0.0155. The average molecular weight is 410 g/mol. The molecular formula is C22H22N2O6. The van der Waals surface area contributed by atoms with Crippen molar-refractivity contribution >= 4 is 23.0 Å². The summed E-state index contributed by atoms with van der Waals surface area (Å²) in [4.78, 5) is 30.8. The number of aromatic hydroxyl groups is 1. The molecule has 1 aliphatic rings. The van der Waals surface area contributed by atoms with Crippen molar-refractivity contribution in [3.05, 3.63) is 53.9 Å². The third-order valence-electron chi connectivity index (χ3n) is 5.26. The molecule has 2 aromatic carbocycles. The highest BCUT2D eigenvalue weighted by Crippen LogP contribution is 2.30. The molecule has 1 fully saturated rings. The molecule has 0 radical (unpaired) electrons. The van der Waals surface area contributed by atoms with E-state index in [1.165, 1.54) is 25.3 Å². The van der Waals surface area contributed by atoms with E-state index in [0.717, 1.165) is 23.9 Å². The van der Waals surface area contributed by atoms with E-state index in [0.29, 0.717) is 24.7 Å². The standard InChI is InChI=1S/C22H22N2O6/c1-28-15-6-7-16(18(25)12-15)22(27)29-13-20(26)24-10-8-14(9-11-24)21-23-17-4-2-3-5-19(17)30-21/h2-7,12,14,25H,8-11,13H2,1H3. The van der Waals surface area contributed by atoms with E-state index in [-0.39, 0.29) is 29.7 Å². The maximum absolute atomic E-state index is 12.4. The smallest absolute Gasteiger partial charge is 0.342 e. The predicted molar refractivity (Wildman–Crippen MR) is 108 cm³/mol. The Morgan fingerprint density at radius 3 is 2.67 bits per heavy atom. The molecule has 2 heterocycles. The van der Waals surface area contributed by atoms with Crippen LogP contribution in [0.1, 0.15) is 35.0 Å². The first kappa shape index (κ1) is 19.8. The van der Waals surface area contributed by atoms with Crippen molar-refractivity contribution in [3.63, 3.8) is 0 Å². The molecule has 8 nitrogen and oxygen atoms in total. The van der Waals surface area contributed by atoms with Gasteiger partial charge in [0.05, 0.1) is 7.11 Å². The number of phenolic OH excluding ortho intramolecular Hbond substituents is 1. The highest BCUT2D eigenvalue weighted by atomic mass is 16.5. The van der Waals surface area contributed by atoms with Gasteiger partial charge in [0.15, 0.2) is 18.1 Å². The summed E-state index contributed by atoms with van der Waals surface area (Å²) in [6.07, 6.45) is 1.46. The van der Waals surface area contributed by atoms with E-state index < -0.39 is 5.97 Å². The predicted octanol–water partition coefficient (Wildman–Crippen LogP) is 3.11. The van der Waals surface area contributed by atoms with Gasteiger partial charge < -0.3 is 23.9 Å². The Labute approximate surface area is 173 Å². The number of piperidine rings is 1. The zero-order valence-electron chi connectivity index (χ0n) is 16.5. The van der Waals surface area contributed by atoms with Crippen molar-refractivity contribution in [2.75, 3.05) is 26.8 Å². The quantitative estimate of drug-likeness (QED) is 0.645. The number of oxazole rings is 1. The SMILES string of the molecule is COc1ccc(C(=O)OCC(=O)N2CCC(c3nc4ccccc4o3)CC2)c(O)c1. The number of carbonyl (C=O) groups is 2. The van der Waals surface area contributed by atoms with Crippen LogP contribution in [0.2, 0.25) is 0 Å². The largest absolute Gasteiger partial charge is 0.507 e. The van der Waals surface area contributed by atoms with Gasteiger partial charge in [0.1, 0.15) is 22.6 Å². The van der Waals surface area contributed by atoms with Gasteiger partial charge in [0, 0.05) is 25.1 Å². The topological polar surface area (TPSA) is 102 Å². The number of hydrogen-bond donors (Lipinski definition) is 1. The fraction of sp³-hybridized carbons (Fsp3) is 0.318. The van der Waals surface area contributed by atoms with E-state index >= 15 is 0 Å². The van der Waals surface area contributed by atoms with Crippen molar-refractivity contribution in [3.8, 4) is 11.5 Å². The number of nitrogens with zero attached hydrogens (tertiary/aromatic N) is 2. The third kappa shape index (κ3) is 4.07. The van der Waals surface area contributed by atoms with Gasteiger partial charge in [-0.3, -0.25) is 4.79 Å². The molecule has 1 aliphatic heterocycles. The Bertz CT molecular complexity index is 1040. The van der Waals surface area contributed by atoms with Crippen LogP contribution in [0.4, 0.5) is 0 Å². The third-order valence-corrected chi connectivity index (χ3v) is 5.26. The first-order valence-corrected chi connectivity index (χ1v) is 9.72. The average Bonchev–Trinajstić information content (AvgIpc) is 3.21. The van der Waals surface area contributed by atoms with Gasteiger partial charge in [0.2, 0.25) is 0 Å². The van der Waals surface area contributed by atoms with Gasteiger partial charge in [-0.05, 0) is 37.1 Å². The number of para-hydroxylation sites is 2. The number of benzene rings is 2. The monoisotopic (exact) mass is 410 g/mol. The summed E-state index contributed by atoms with van der Waals surface area (Å²) >= 11 is 0. The fourth-order valence-corrected chi connectivity index (χ4v) is 3.55. The zero-order chi connectivity index (χ0) is 21.1. The second-order valence-electron chi connectivity index (χ2n) is 7.13. The molecule has 0 spiro atoms. The number of likely N-dealkylation sites (tertiary alicyclic amines) is 1. The molecule has 156 valence electrons. The van der Waals surface area contributed by atoms with Gasteiger partial charge in [-0.1, -0.05) is 12.1 Å². The number of hydrogen-bond acceptors (Lipinski definition) is 7. The van der Waals surface area contributed by atoms with Crippen LogP contribution >= 0.6 is 0 Å². The lowest BCUT2D eigenvalue weighted by Crippen LogP contribution is -2.40. The van der Waals surface area contributed by atoms with E-state index in [9.17, 15) is 14.7 Å². The van der Waals surface area contributed by atoms with Crippen LogP contribution in [0, 0.1) is 0 Å². The molecule has 1 amide bonds. The second kappa shape index (κ2) is 8.44. The van der Waals surface area contributed by atoms with Gasteiger partial charge in [-0.25, -0.2) is 9.78 Å². The van der Waals surface area contributed by atoms with Crippen LogP contribution in [0.25, 0.3) is 11.1 Å². The van der Waals surface area contributed by atoms with E-state index in [1.807, 2.05) is 24.3 Å². The van der Waals surface area contributed by atoms with Crippen molar-refractivity contribution in [1.29, 1.82) is 0 Å².